The molecule has 2 aliphatic carbocycles. The standard InChI is InChI=1S/C30H48O20/c31-7-17-22(39)24(41)26(43)30(49-17)48-16-5-11-14(46-28(16)9-1-12(33)21(38)13(34)2-9)3-10(32)4-15(11)47-29-27(44)25(42)23(40)18(50-29)8-45-20(37)6-19(35)36/h9-18,21-34,38-44H,1-8H2,(H,35,36)/p+1/t9?,10?,11?,12?,13?,14?,15?,16?,17-,18-,21?,22-,23-,24+,25+,26-,27-,28?,29-,30-/m1/s1. The Morgan fingerprint density at radius 2 is 1.22 bits per heavy atom. The van der Waals surface area contributed by atoms with E-state index in [4.69, 9.17) is 33.5 Å². The highest BCUT2D eigenvalue weighted by atomic mass is 16.7. The number of fused-ring (bicyclic) bond motifs is 1. The van der Waals surface area contributed by atoms with Gasteiger partial charge in [-0.2, -0.15) is 0 Å². The van der Waals surface area contributed by atoms with Crippen LogP contribution in [0.4, 0.5) is 0 Å². The third-order valence-corrected chi connectivity index (χ3v) is 10.4. The summed E-state index contributed by atoms with van der Waals surface area (Å²) in [6.45, 7) is -1.40. The molecule has 5 fully saturated rings. The van der Waals surface area contributed by atoms with Gasteiger partial charge in [-0.15, -0.1) is 0 Å². The number of carboxylic acids is 1. The topological polar surface area (TPSA) is 336 Å². The first-order valence-corrected chi connectivity index (χ1v) is 16.7. The third kappa shape index (κ3) is 8.57. The summed E-state index contributed by atoms with van der Waals surface area (Å²) >= 11 is 0. The second-order valence-corrected chi connectivity index (χ2v) is 13.9. The summed E-state index contributed by atoms with van der Waals surface area (Å²) in [6, 6.07) is 0. The van der Waals surface area contributed by atoms with Crippen LogP contribution in [-0.2, 0) is 33.3 Å². The molecule has 0 spiro atoms. The number of esters is 1. The van der Waals surface area contributed by atoms with E-state index in [9.17, 15) is 65.8 Å². The molecule has 0 bridgehead atoms. The summed E-state index contributed by atoms with van der Waals surface area (Å²) in [5, 5.41) is 124. The van der Waals surface area contributed by atoms with Gasteiger partial charge in [0.2, 0.25) is 0 Å². The third-order valence-electron chi connectivity index (χ3n) is 10.4. The highest BCUT2D eigenvalue weighted by Crippen LogP contribution is 2.44. The number of rotatable bonds is 10. The zero-order valence-electron chi connectivity index (χ0n) is 26.9. The number of hydrogen-bond acceptors (Lipinski definition) is 18. The fourth-order valence-corrected chi connectivity index (χ4v) is 7.73. The molecule has 2 saturated carbocycles. The molecule has 0 amide bonds. The van der Waals surface area contributed by atoms with E-state index in [-0.39, 0.29) is 32.1 Å². The molecule has 288 valence electrons. The van der Waals surface area contributed by atoms with Crippen LogP contribution in [-0.4, -0.2) is 201 Å². The van der Waals surface area contributed by atoms with Crippen molar-refractivity contribution in [2.75, 3.05) is 13.2 Å². The van der Waals surface area contributed by atoms with E-state index in [1.165, 1.54) is 0 Å². The molecule has 8 unspecified atom stereocenters. The van der Waals surface area contributed by atoms with E-state index in [1.54, 1.807) is 0 Å². The van der Waals surface area contributed by atoms with Crippen molar-refractivity contribution in [2.45, 2.75) is 149 Å². The van der Waals surface area contributed by atoms with Crippen LogP contribution in [0.5, 0.6) is 0 Å². The Bertz CT molecular complexity index is 1130. The SMILES string of the molecule is O=C(O)CC(=O)OC[C@H]1O[C@@H](OC2CC(O)CC3[OH+]C(C4CC(O)C(O)C(O)C4)C(O[C@@H]4O[C@H](CO)[C@@H](O)[C@H](O)[C@H]4O)CC23)[C@H](O)[C@@H](O)[C@@H]1O. The van der Waals surface area contributed by atoms with Crippen molar-refractivity contribution in [3.63, 3.8) is 0 Å². The molecule has 5 aliphatic rings. The Hall–Kier alpha value is -1.70. The monoisotopic (exact) mass is 729 g/mol. The van der Waals surface area contributed by atoms with Crippen LogP contribution in [0.15, 0.2) is 0 Å². The van der Waals surface area contributed by atoms with E-state index >= 15 is 0 Å². The first-order chi connectivity index (χ1) is 23.6. The van der Waals surface area contributed by atoms with E-state index in [2.05, 4.69) is 0 Å². The normalized spacial score (nSPS) is 49.9. The maximum Gasteiger partial charge on any atom is 0.317 e. The molecule has 50 heavy (non-hydrogen) atoms. The molecular weight excluding hydrogens is 680 g/mol. The van der Waals surface area contributed by atoms with Crippen molar-refractivity contribution < 1.29 is 99.3 Å². The Morgan fingerprint density at radius 3 is 1.80 bits per heavy atom. The van der Waals surface area contributed by atoms with Crippen molar-refractivity contribution in [3.05, 3.63) is 0 Å². The summed E-state index contributed by atoms with van der Waals surface area (Å²) in [7, 11) is 0. The molecular formula is C30H49O20+. The molecule has 0 aromatic heterocycles. The van der Waals surface area contributed by atoms with Gasteiger partial charge in [-0.05, 0) is 19.3 Å². The fourth-order valence-electron chi connectivity index (χ4n) is 7.73. The Morgan fingerprint density at radius 1 is 0.660 bits per heavy atom. The zero-order chi connectivity index (χ0) is 36.6. The van der Waals surface area contributed by atoms with E-state index in [0.717, 1.165) is 0 Å². The number of carbonyl (C=O) groups is 2. The smallest absolute Gasteiger partial charge is 0.317 e. The van der Waals surface area contributed by atoms with Crippen molar-refractivity contribution in [1.82, 2.24) is 0 Å². The van der Waals surface area contributed by atoms with Crippen molar-refractivity contribution in [1.29, 1.82) is 0 Å². The van der Waals surface area contributed by atoms with Crippen molar-refractivity contribution >= 4 is 11.9 Å². The maximum absolute atomic E-state index is 11.8. The van der Waals surface area contributed by atoms with Gasteiger partial charge in [0, 0.05) is 18.8 Å². The minimum Gasteiger partial charge on any atom is -0.481 e. The quantitative estimate of drug-likeness (QED) is 0.0565. The summed E-state index contributed by atoms with van der Waals surface area (Å²) in [4.78, 5) is 22.6. The number of carbonyl (C=O) groups excluding carboxylic acids is 1. The van der Waals surface area contributed by atoms with E-state index < -0.39 is 154 Å². The summed E-state index contributed by atoms with van der Waals surface area (Å²) in [6.07, 6.45) is -25.8. The van der Waals surface area contributed by atoms with Crippen LogP contribution in [0, 0.1) is 11.8 Å². The number of aliphatic hydroxyl groups is 13. The zero-order valence-corrected chi connectivity index (χ0v) is 26.9. The van der Waals surface area contributed by atoms with Gasteiger partial charge in [-0.1, -0.05) is 0 Å². The van der Waals surface area contributed by atoms with Crippen LogP contribution in [0.25, 0.3) is 0 Å². The van der Waals surface area contributed by atoms with Crippen LogP contribution in [0.3, 0.4) is 0 Å². The lowest BCUT2D eigenvalue weighted by atomic mass is 9.72. The number of ether oxygens (including phenoxy) is 6. The lowest BCUT2D eigenvalue weighted by Crippen LogP contribution is -2.64. The highest BCUT2D eigenvalue weighted by molar-refractivity contribution is 5.90. The highest BCUT2D eigenvalue weighted by Gasteiger charge is 2.57. The molecule has 3 aliphatic heterocycles. The van der Waals surface area contributed by atoms with Gasteiger partial charge in [0.1, 0.15) is 74.1 Å². The maximum atomic E-state index is 11.8. The number of aliphatic hydroxyl groups excluding tert-OH is 11. The first-order valence-electron chi connectivity index (χ1n) is 16.7. The Balaban J connectivity index is 1.36. The minimum absolute atomic E-state index is 0.00154. The van der Waals surface area contributed by atoms with Crippen molar-refractivity contribution in [2.24, 2.45) is 11.8 Å². The predicted molar refractivity (Wildman–Crippen MR) is 157 cm³/mol. The van der Waals surface area contributed by atoms with Gasteiger partial charge in [0.15, 0.2) is 24.8 Å². The minimum atomic E-state index is -1.84. The summed E-state index contributed by atoms with van der Waals surface area (Å²) in [5.74, 6) is -3.78. The molecule has 5 rings (SSSR count). The fraction of sp³-hybridized carbons (Fsp3) is 0.933. The van der Waals surface area contributed by atoms with Crippen LogP contribution in [0.1, 0.15) is 38.5 Å². The van der Waals surface area contributed by atoms with Gasteiger partial charge < -0.3 is 89.7 Å². The van der Waals surface area contributed by atoms with Gasteiger partial charge in [-0.25, -0.2) is 0 Å². The molecule has 0 aromatic carbocycles. The number of hydrogen-bond donors (Lipinski definition) is 12. The second-order valence-electron chi connectivity index (χ2n) is 13.9. The van der Waals surface area contributed by atoms with Crippen LogP contribution < -0.4 is 0 Å². The van der Waals surface area contributed by atoms with Gasteiger partial charge in [-0.3, -0.25) is 9.59 Å². The molecule has 0 radical (unpaired) electrons. The number of aliphatic carboxylic acids is 1. The Kier molecular flexibility index (Phi) is 13.1. The first kappa shape index (κ1) is 39.5. The van der Waals surface area contributed by atoms with E-state index in [1.807, 2.05) is 0 Å². The molecule has 3 heterocycles. The average molecular weight is 730 g/mol. The van der Waals surface area contributed by atoms with Crippen LogP contribution >= 0.6 is 0 Å². The lowest BCUT2D eigenvalue weighted by molar-refractivity contribution is -0.368. The number of carboxylic acid groups (broad SMARTS) is 1. The summed E-state index contributed by atoms with van der Waals surface area (Å²) in [5.41, 5.74) is 0. The average Bonchev–Trinajstić information content (AvgIpc) is 3.06. The largest absolute Gasteiger partial charge is 0.481 e. The van der Waals surface area contributed by atoms with Crippen molar-refractivity contribution in [3.8, 4) is 0 Å². The molecule has 18 atom stereocenters. The van der Waals surface area contributed by atoms with Gasteiger partial charge in [0.25, 0.3) is 0 Å². The van der Waals surface area contributed by atoms with Crippen LogP contribution in [0.2, 0.25) is 0 Å². The van der Waals surface area contributed by atoms with Gasteiger partial charge in [0.05, 0.1) is 36.9 Å². The molecule has 20 heteroatoms. The second kappa shape index (κ2) is 16.5. The lowest BCUT2D eigenvalue weighted by Gasteiger charge is -2.50. The predicted octanol–water partition coefficient (Wildman–Crippen LogP) is -6.69. The molecule has 20 nitrogen and oxygen atoms in total. The van der Waals surface area contributed by atoms with E-state index in [0.29, 0.717) is 0 Å². The molecule has 13 N–H and O–H groups in total. The summed E-state index contributed by atoms with van der Waals surface area (Å²) < 4.78 is 33.3. The molecule has 3 saturated heterocycles. The van der Waals surface area contributed by atoms with Gasteiger partial charge >= 0.3 is 11.9 Å². The molecule has 0 aromatic rings. The Labute approximate surface area is 285 Å².